The quantitative estimate of drug-likeness (QED) is 0.698. The van der Waals surface area contributed by atoms with E-state index in [1.165, 1.54) is 4.90 Å². The molecule has 0 radical (unpaired) electrons. The monoisotopic (exact) mass is 255 g/mol. The second kappa shape index (κ2) is 8.39. The van der Waals surface area contributed by atoms with Crippen molar-refractivity contribution in [3.63, 3.8) is 0 Å². The highest BCUT2D eigenvalue weighted by molar-refractivity contribution is 7.99. The van der Waals surface area contributed by atoms with Gasteiger partial charge in [-0.25, -0.2) is 0 Å². The highest BCUT2D eigenvalue weighted by Crippen LogP contribution is 2.22. The van der Waals surface area contributed by atoms with Gasteiger partial charge in [0.2, 0.25) is 0 Å². The summed E-state index contributed by atoms with van der Waals surface area (Å²) in [7, 11) is 1.67. The fourth-order valence-corrected chi connectivity index (χ4v) is 2.56. The van der Waals surface area contributed by atoms with Crippen LogP contribution in [0.15, 0.2) is 29.2 Å². The third-order valence-corrected chi connectivity index (χ3v) is 3.66. The molecule has 1 aromatic carbocycles. The number of hydrogen-bond donors (Lipinski definition) is 2. The molecular formula is C13H21NO2S. The van der Waals surface area contributed by atoms with E-state index in [-0.39, 0.29) is 6.61 Å². The van der Waals surface area contributed by atoms with Crippen molar-refractivity contribution in [2.24, 2.45) is 0 Å². The highest BCUT2D eigenvalue weighted by Gasteiger charge is 2.07. The second-order valence-electron chi connectivity index (χ2n) is 3.75. The molecule has 0 aromatic heterocycles. The predicted molar refractivity (Wildman–Crippen MR) is 72.9 cm³/mol. The van der Waals surface area contributed by atoms with Gasteiger partial charge in [-0.3, -0.25) is 0 Å². The summed E-state index contributed by atoms with van der Waals surface area (Å²) in [6.07, 6.45) is 0.803. The van der Waals surface area contributed by atoms with Crippen LogP contribution in [0.1, 0.15) is 13.3 Å². The summed E-state index contributed by atoms with van der Waals surface area (Å²) in [5.74, 6) is 1.86. The Kier molecular flexibility index (Phi) is 7.08. The van der Waals surface area contributed by atoms with E-state index in [4.69, 9.17) is 9.84 Å². The Balaban J connectivity index is 2.41. The molecule has 0 aliphatic rings. The topological polar surface area (TPSA) is 41.5 Å². The highest BCUT2D eigenvalue weighted by atomic mass is 32.2. The minimum absolute atomic E-state index is 0.237. The second-order valence-corrected chi connectivity index (χ2v) is 4.85. The molecule has 1 unspecified atom stereocenters. The standard InChI is InChI=1S/C13H21NO2S/c1-3-14-11(8-9-15)10-17-13-6-4-12(16-2)5-7-13/h4-7,11,14-15H,3,8-10H2,1-2H3. The lowest BCUT2D eigenvalue weighted by molar-refractivity contribution is 0.271. The summed E-state index contributed by atoms with van der Waals surface area (Å²) in [6.45, 7) is 3.26. The fourth-order valence-electron chi connectivity index (χ4n) is 1.56. The first kappa shape index (κ1) is 14.4. The van der Waals surface area contributed by atoms with E-state index in [1.54, 1.807) is 18.9 Å². The van der Waals surface area contributed by atoms with Gasteiger partial charge in [0.25, 0.3) is 0 Å². The molecule has 0 bridgehead atoms. The van der Waals surface area contributed by atoms with E-state index < -0.39 is 0 Å². The Morgan fingerprint density at radius 3 is 2.59 bits per heavy atom. The lowest BCUT2D eigenvalue weighted by Gasteiger charge is -2.16. The van der Waals surface area contributed by atoms with Crippen LogP contribution < -0.4 is 10.1 Å². The largest absolute Gasteiger partial charge is 0.497 e. The zero-order valence-electron chi connectivity index (χ0n) is 10.5. The average Bonchev–Trinajstić information content (AvgIpc) is 2.37. The van der Waals surface area contributed by atoms with Gasteiger partial charge in [0.1, 0.15) is 5.75 Å². The van der Waals surface area contributed by atoms with Gasteiger partial charge in [-0.1, -0.05) is 6.92 Å². The van der Waals surface area contributed by atoms with E-state index >= 15 is 0 Å². The smallest absolute Gasteiger partial charge is 0.118 e. The maximum atomic E-state index is 8.96. The van der Waals surface area contributed by atoms with Crippen molar-refractivity contribution in [3.05, 3.63) is 24.3 Å². The van der Waals surface area contributed by atoms with Gasteiger partial charge in [-0.15, -0.1) is 11.8 Å². The van der Waals surface area contributed by atoms with Gasteiger partial charge in [-0.05, 0) is 37.2 Å². The molecule has 96 valence electrons. The first-order valence-electron chi connectivity index (χ1n) is 5.91. The van der Waals surface area contributed by atoms with E-state index in [0.717, 1.165) is 24.5 Å². The Bertz CT molecular complexity index is 297. The van der Waals surface area contributed by atoms with Crippen LogP contribution in [0.4, 0.5) is 0 Å². The van der Waals surface area contributed by atoms with Crippen LogP contribution in [0.5, 0.6) is 5.75 Å². The number of nitrogens with one attached hydrogen (secondary N) is 1. The van der Waals surface area contributed by atoms with E-state index in [2.05, 4.69) is 24.4 Å². The van der Waals surface area contributed by atoms with Gasteiger partial charge in [0, 0.05) is 23.3 Å². The maximum absolute atomic E-state index is 8.96. The number of hydrogen-bond acceptors (Lipinski definition) is 4. The molecule has 0 aliphatic carbocycles. The molecule has 2 N–H and O–H groups in total. The van der Waals surface area contributed by atoms with Crippen LogP contribution >= 0.6 is 11.8 Å². The molecular weight excluding hydrogens is 234 g/mol. The Labute approximate surface area is 108 Å². The molecule has 0 fully saturated rings. The molecule has 4 heteroatoms. The molecule has 0 saturated carbocycles. The van der Waals surface area contributed by atoms with Crippen molar-refractivity contribution in [1.29, 1.82) is 0 Å². The van der Waals surface area contributed by atoms with Crippen molar-refractivity contribution in [1.82, 2.24) is 5.32 Å². The third kappa shape index (κ3) is 5.44. The number of aliphatic hydroxyl groups is 1. The van der Waals surface area contributed by atoms with Gasteiger partial charge >= 0.3 is 0 Å². The van der Waals surface area contributed by atoms with Crippen LogP contribution in [0.3, 0.4) is 0 Å². The fraction of sp³-hybridized carbons (Fsp3) is 0.538. The average molecular weight is 255 g/mol. The van der Waals surface area contributed by atoms with Crippen molar-refractivity contribution >= 4 is 11.8 Å². The molecule has 0 saturated heterocycles. The zero-order valence-corrected chi connectivity index (χ0v) is 11.3. The van der Waals surface area contributed by atoms with Crippen molar-refractivity contribution in [3.8, 4) is 5.75 Å². The van der Waals surface area contributed by atoms with Crippen LogP contribution in [-0.4, -0.2) is 37.2 Å². The number of benzene rings is 1. The molecule has 17 heavy (non-hydrogen) atoms. The first-order valence-corrected chi connectivity index (χ1v) is 6.89. The van der Waals surface area contributed by atoms with Gasteiger partial charge < -0.3 is 15.2 Å². The van der Waals surface area contributed by atoms with E-state index in [1.807, 2.05) is 12.1 Å². The number of aliphatic hydroxyl groups excluding tert-OH is 1. The molecule has 3 nitrogen and oxygen atoms in total. The number of thioether (sulfide) groups is 1. The van der Waals surface area contributed by atoms with Crippen LogP contribution in [0, 0.1) is 0 Å². The predicted octanol–water partition coefficient (Wildman–Crippen LogP) is 2.15. The lowest BCUT2D eigenvalue weighted by Crippen LogP contribution is -2.31. The molecule has 0 spiro atoms. The summed E-state index contributed by atoms with van der Waals surface area (Å²) in [5.41, 5.74) is 0. The SMILES string of the molecule is CCNC(CCO)CSc1ccc(OC)cc1. The molecule has 1 rings (SSSR count). The van der Waals surface area contributed by atoms with E-state index in [9.17, 15) is 0 Å². The summed E-state index contributed by atoms with van der Waals surface area (Å²) < 4.78 is 5.12. The Morgan fingerprint density at radius 2 is 2.06 bits per heavy atom. The summed E-state index contributed by atoms with van der Waals surface area (Å²) >= 11 is 1.80. The van der Waals surface area contributed by atoms with Crippen molar-refractivity contribution in [2.75, 3.05) is 26.0 Å². The first-order chi connectivity index (χ1) is 8.30. The molecule has 0 heterocycles. The van der Waals surface area contributed by atoms with Gasteiger partial charge in [0.15, 0.2) is 0 Å². The molecule has 0 amide bonds. The summed E-state index contributed by atoms with van der Waals surface area (Å²) in [5, 5.41) is 12.3. The minimum atomic E-state index is 0.237. The number of rotatable bonds is 8. The normalized spacial score (nSPS) is 12.4. The summed E-state index contributed by atoms with van der Waals surface area (Å²) in [4.78, 5) is 1.23. The van der Waals surface area contributed by atoms with Gasteiger partial charge in [-0.2, -0.15) is 0 Å². The maximum Gasteiger partial charge on any atom is 0.118 e. The van der Waals surface area contributed by atoms with E-state index in [0.29, 0.717) is 6.04 Å². The number of ether oxygens (including phenoxy) is 1. The third-order valence-electron chi connectivity index (χ3n) is 2.48. The minimum Gasteiger partial charge on any atom is -0.497 e. The van der Waals surface area contributed by atoms with Crippen LogP contribution in [0.25, 0.3) is 0 Å². The van der Waals surface area contributed by atoms with Crippen LogP contribution in [-0.2, 0) is 0 Å². The van der Waals surface area contributed by atoms with Gasteiger partial charge in [0.05, 0.1) is 7.11 Å². The molecule has 0 aliphatic heterocycles. The number of methoxy groups -OCH3 is 1. The Hall–Kier alpha value is -0.710. The molecule has 1 atom stereocenters. The zero-order chi connectivity index (χ0) is 12.5. The molecule has 1 aromatic rings. The lowest BCUT2D eigenvalue weighted by atomic mass is 10.2. The van der Waals surface area contributed by atoms with Crippen LogP contribution in [0.2, 0.25) is 0 Å². The Morgan fingerprint density at radius 1 is 1.35 bits per heavy atom. The van der Waals surface area contributed by atoms with Crippen molar-refractivity contribution in [2.45, 2.75) is 24.3 Å². The van der Waals surface area contributed by atoms with Crippen molar-refractivity contribution < 1.29 is 9.84 Å². The summed E-state index contributed by atoms with van der Waals surface area (Å²) in [6, 6.07) is 8.43.